The lowest BCUT2D eigenvalue weighted by atomic mass is 10.1. The summed E-state index contributed by atoms with van der Waals surface area (Å²) >= 11 is 0. The molecule has 2 atom stereocenters. The Hall–Kier alpha value is -2.71. The van der Waals surface area contributed by atoms with Crippen LogP contribution in [-0.2, 0) is 11.3 Å². The number of piperazine rings is 1. The van der Waals surface area contributed by atoms with Crippen molar-refractivity contribution in [2.75, 3.05) is 43.0 Å². The number of hydrogen-bond acceptors (Lipinski definition) is 7. The van der Waals surface area contributed by atoms with E-state index >= 15 is 0 Å². The van der Waals surface area contributed by atoms with Crippen molar-refractivity contribution in [2.24, 2.45) is 0 Å². The van der Waals surface area contributed by atoms with Crippen molar-refractivity contribution in [1.29, 1.82) is 0 Å². The fraction of sp³-hybridized carbons (Fsp3) is 0.476. The molecule has 154 valence electrons. The summed E-state index contributed by atoms with van der Waals surface area (Å²) in [6.45, 7) is 9.69. The molecule has 0 radical (unpaired) electrons. The van der Waals surface area contributed by atoms with Crippen LogP contribution in [0.25, 0.3) is 0 Å². The molecule has 2 fully saturated rings. The normalized spacial score (nSPS) is 21.1. The van der Waals surface area contributed by atoms with E-state index in [1.165, 1.54) is 5.56 Å². The van der Waals surface area contributed by atoms with Gasteiger partial charge in [-0.25, -0.2) is 9.78 Å². The fourth-order valence-electron chi connectivity index (χ4n) is 3.70. The lowest BCUT2D eigenvalue weighted by Crippen LogP contribution is -2.42. The third-order valence-electron chi connectivity index (χ3n) is 5.41. The summed E-state index contributed by atoms with van der Waals surface area (Å²) in [6, 6.07) is 10.4. The lowest BCUT2D eigenvalue weighted by molar-refractivity contribution is 0.179. The van der Waals surface area contributed by atoms with Crippen molar-refractivity contribution in [3.8, 4) is 0 Å². The third kappa shape index (κ3) is 4.65. The topological polar surface area (TPSA) is 82.6 Å². The smallest absolute Gasteiger partial charge is 0.415 e. The predicted octanol–water partition coefficient (Wildman–Crippen LogP) is 2.40. The van der Waals surface area contributed by atoms with Gasteiger partial charge in [0.15, 0.2) is 0 Å². The fourth-order valence-corrected chi connectivity index (χ4v) is 3.70. The Balaban J connectivity index is 1.39. The zero-order chi connectivity index (χ0) is 20.2. The molecule has 29 heavy (non-hydrogen) atoms. The molecule has 4 rings (SSSR count). The van der Waals surface area contributed by atoms with Crippen molar-refractivity contribution in [2.45, 2.75) is 32.5 Å². The van der Waals surface area contributed by atoms with Gasteiger partial charge in [-0.2, -0.15) is 4.98 Å². The third-order valence-corrected chi connectivity index (χ3v) is 5.41. The number of rotatable bonds is 6. The zero-order valence-electron chi connectivity index (χ0n) is 17.0. The van der Waals surface area contributed by atoms with E-state index in [0.717, 1.165) is 38.3 Å². The molecule has 8 heteroatoms. The van der Waals surface area contributed by atoms with Crippen LogP contribution in [-0.4, -0.2) is 59.8 Å². The zero-order valence-corrected chi connectivity index (χ0v) is 17.0. The molecule has 0 spiro atoms. The molecule has 8 nitrogen and oxygen atoms in total. The molecule has 0 saturated carbocycles. The van der Waals surface area contributed by atoms with Crippen molar-refractivity contribution in [3.63, 3.8) is 0 Å². The summed E-state index contributed by atoms with van der Waals surface area (Å²) < 4.78 is 5.09. The molecule has 1 amide bonds. The number of carbonyl (C=O) groups excluding carboxylic acids is 1. The largest absolute Gasteiger partial charge is 0.447 e. The van der Waals surface area contributed by atoms with E-state index in [1.807, 2.05) is 6.92 Å². The van der Waals surface area contributed by atoms with Gasteiger partial charge < -0.3 is 15.4 Å². The summed E-state index contributed by atoms with van der Waals surface area (Å²) in [6.07, 6.45) is 1.29. The van der Waals surface area contributed by atoms with Crippen molar-refractivity contribution in [1.82, 2.24) is 20.2 Å². The van der Waals surface area contributed by atoms with Crippen LogP contribution in [0, 0.1) is 0 Å². The Morgan fingerprint density at radius 2 is 2.00 bits per heavy atom. The second-order valence-electron chi connectivity index (χ2n) is 7.67. The summed E-state index contributed by atoms with van der Waals surface area (Å²) in [7, 11) is 0. The second kappa shape index (κ2) is 8.75. The van der Waals surface area contributed by atoms with Gasteiger partial charge in [0, 0.05) is 38.9 Å². The van der Waals surface area contributed by atoms with Crippen molar-refractivity contribution >= 4 is 17.9 Å². The minimum Gasteiger partial charge on any atom is -0.447 e. The molecule has 3 heterocycles. The molecular weight excluding hydrogens is 368 g/mol. The number of cyclic esters (lactones) is 1. The van der Waals surface area contributed by atoms with Crippen molar-refractivity contribution < 1.29 is 9.53 Å². The Labute approximate surface area is 171 Å². The number of anilines is 2. The van der Waals surface area contributed by atoms with Crippen LogP contribution in [0.3, 0.4) is 0 Å². The number of nitrogens with one attached hydrogen (secondary N) is 2. The van der Waals surface area contributed by atoms with Crippen LogP contribution in [0.2, 0.25) is 0 Å². The van der Waals surface area contributed by atoms with E-state index in [9.17, 15) is 4.79 Å². The van der Waals surface area contributed by atoms with E-state index in [4.69, 9.17) is 4.74 Å². The number of amides is 1. The Bertz CT molecular complexity index is 837. The number of hydrogen-bond donors (Lipinski definition) is 2. The molecule has 2 saturated heterocycles. The van der Waals surface area contributed by atoms with Crippen LogP contribution in [0.4, 0.5) is 16.6 Å². The van der Waals surface area contributed by atoms with E-state index in [0.29, 0.717) is 18.4 Å². The molecule has 2 aliphatic heterocycles. The molecule has 0 aliphatic carbocycles. The minimum absolute atomic E-state index is 0.0362. The number of nitrogens with zero attached hydrogens (tertiary/aromatic N) is 4. The summed E-state index contributed by atoms with van der Waals surface area (Å²) in [5, 5.41) is 6.72. The maximum atomic E-state index is 11.9. The first-order valence-corrected chi connectivity index (χ1v) is 10.2. The van der Waals surface area contributed by atoms with Crippen LogP contribution in [0.5, 0.6) is 0 Å². The second-order valence-corrected chi connectivity index (χ2v) is 7.67. The van der Waals surface area contributed by atoms with Crippen LogP contribution in [0.1, 0.15) is 31.0 Å². The van der Waals surface area contributed by atoms with E-state index in [-0.39, 0.29) is 18.2 Å². The van der Waals surface area contributed by atoms with Gasteiger partial charge in [-0.05, 0) is 31.0 Å². The minimum atomic E-state index is -0.365. The van der Waals surface area contributed by atoms with Crippen LogP contribution >= 0.6 is 0 Å². The first kappa shape index (κ1) is 19.6. The van der Waals surface area contributed by atoms with Gasteiger partial charge in [0.25, 0.3) is 0 Å². The highest BCUT2D eigenvalue weighted by molar-refractivity contribution is 5.89. The van der Waals surface area contributed by atoms with Gasteiger partial charge in [-0.1, -0.05) is 24.3 Å². The van der Waals surface area contributed by atoms with Crippen LogP contribution in [0.15, 0.2) is 36.5 Å². The molecule has 2 aliphatic rings. The quantitative estimate of drug-likeness (QED) is 0.776. The highest BCUT2D eigenvalue weighted by atomic mass is 16.6. The lowest BCUT2D eigenvalue weighted by Gasteiger charge is -2.27. The van der Waals surface area contributed by atoms with E-state index < -0.39 is 0 Å². The number of aromatic nitrogens is 2. The molecule has 1 aromatic carbocycles. The maximum Gasteiger partial charge on any atom is 0.415 e. The Kier molecular flexibility index (Phi) is 5.92. The van der Waals surface area contributed by atoms with Gasteiger partial charge in [0.1, 0.15) is 12.4 Å². The summed E-state index contributed by atoms with van der Waals surface area (Å²) in [5.41, 5.74) is 2.49. The number of ether oxygens (including phenoxy) is 1. The predicted molar refractivity (Wildman–Crippen MR) is 112 cm³/mol. The van der Waals surface area contributed by atoms with Gasteiger partial charge in [-0.3, -0.25) is 9.80 Å². The average molecular weight is 396 g/mol. The summed E-state index contributed by atoms with van der Waals surface area (Å²) in [5.74, 6) is 1.04. The standard InChI is InChI=1S/C21H28N6O2/c1-15-14-29-21(28)27(15)19-7-8-23-20(25-19)24-16(2)18-5-3-17(4-6-18)13-26-11-9-22-10-12-26/h3-8,15-16,22H,9-14H2,1-2H3,(H,23,24,25)/t15-,16?/m0/s1. The molecule has 1 aromatic heterocycles. The average Bonchev–Trinajstić information content (AvgIpc) is 3.07. The number of benzene rings is 1. The monoisotopic (exact) mass is 396 g/mol. The van der Waals surface area contributed by atoms with Crippen molar-refractivity contribution in [3.05, 3.63) is 47.7 Å². The van der Waals surface area contributed by atoms with Crippen LogP contribution < -0.4 is 15.5 Å². The molecule has 1 unspecified atom stereocenters. The van der Waals surface area contributed by atoms with Gasteiger partial charge in [0.05, 0.1) is 12.1 Å². The molecule has 2 N–H and O–H groups in total. The SMILES string of the molecule is CC(Nc1nccc(N2C(=O)OC[C@@H]2C)n1)c1ccc(CN2CCNCC2)cc1. The first-order valence-electron chi connectivity index (χ1n) is 10.2. The van der Waals surface area contributed by atoms with Gasteiger partial charge in [0.2, 0.25) is 5.95 Å². The summed E-state index contributed by atoms with van der Waals surface area (Å²) in [4.78, 5) is 24.8. The maximum absolute atomic E-state index is 11.9. The molecule has 0 bridgehead atoms. The highest BCUT2D eigenvalue weighted by Gasteiger charge is 2.32. The van der Waals surface area contributed by atoms with Gasteiger partial charge >= 0.3 is 6.09 Å². The Morgan fingerprint density at radius 3 is 2.69 bits per heavy atom. The molecular formula is C21H28N6O2. The van der Waals surface area contributed by atoms with E-state index in [1.54, 1.807) is 17.2 Å². The number of carbonyl (C=O) groups is 1. The van der Waals surface area contributed by atoms with E-state index in [2.05, 4.69) is 56.7 Å². The molecule has 2 aromatic rings. The van der Waals surface area contributed by atoms with Gasteiger partial charge in [-0.15, -0.1) is 0 Å². The first-order chi connectivity index (χ1) is 14.1. The highest BCUT2D eigenvalue weighted by Crippen LogP contribution is 2.23. The Morgan fingerprint density at radius 1 is 1.24 bits per heavy atom.